The summed E-state index contributed by atoms with van der Waals surface area (Å²) in [6.45, 7) is 0. The second-order valence-electron chi connectivity index (χ2n) is 11.9. The third-order valence-corrected chi connectivity index (χ3v) is 9.09. The molecule has 0 unspecified atom stereocenters. The Kier molecular flexibility index (Phi) is 7.42. The fraction of sp³-hybridized carbons (Fsp3) is 0.0227. The van der Waals surface area contributed by atoms with Crippen LogP contribution in [0, 0.1) is 22.7 Å². The standard InChI is InChI=1S/C44H28N4O/c45-21-19-29(26-46)10-9-28-11-13-31(14-12-28)38-24-41-43(36-7-3-1-5-34(36)38)44-37-8-4-2-6-35(37)39(25-42(44)49-41)32-15-17-33(18-16-32)40-23-30(27-47)20-22-48-40/h1-8,10-25H,9,45H2/b21-19-,29-10+. The van der Waals surface area contributed by atoms with Crippen LogP contribution in [0.15, 0.2) is 156 Å². The van der Waals surface area contributed by atoms with Crippen LogP contribution in [-0.2, 0) is 6.42 Å². The van der Waals surface area contributed by atoms with Gasteiger partial charge in [0.15, 0.2) is 0 Å². The monoisotopic (exact) mass is 628 g/mol. The zero-order valence-electron chi connectivity index (χ0n) is 26.4. The lowest BCUT2D eigenvalue weighted by Gasteiger charge is -2.11. The van der Waals surface area contributed by atoms with E-state index in [1.165, 1.54) is 6.20 Å². The summed E-state index contributed by atoms with van der Waals surface area (Å²) in [5, 5.41) is 25.4. The Morgan fingerprint density at radius 3 is 1.78 bits per heavy atom. The first-order chi connectivity index (χ1) is 24.1. The Labute approximate surface area is 283 Å². The van der Waals surface area contributed by atoms with Crippen LogP contribution in [0.1, 0.15) is 11.1 Å². The summed E-state index contributed by atoms with van der Waals surface area (Å²) >= 11 is 0. The van der Waals surface area contributed by atoms with E-state index in [0.29, 0.717) is 17.6 Å². The number of benzene rings is 6. The van der Waals surface area contributed by atoms with Gasteiger partial charge in [-0.2, -0.15) is 10.5 Å². The van der Waals surface area contributed by atoms with Gasteiger partial charge in [0.25, 0.3) is 0 Å². The third kappa shape index (κ3) is 5.26. The summed E-state index contributed by atoms with van der Waals surface area (Å²) in [6.07, 6.45) is 7.19. The van der Waals surface area contributed by atoms with Crippen molar-refractivity contribution in [2.45, 2.75) is 6.42 Å². The van der Waals surface area contributed by atoms with Crippen LogP contribution in [0.2, 0.25) is 0 Å². The van der Waals surface area contributed by atoms with Crippen LogP contribution in [0.25, 0.3) is 77.0 Å². The van der Waals surface area contributed by atoms with E-state index in [4.69, 9.17) is 10.2 Å². The Balaban J connectivity index is 1.26. The number of pyridine rings is 1. The molecule has 0 radical (unpaired) electrons. The van der Waals surface area contributed by atoms with Crippen molar-refractivity contribution in [2.75, 3.05) is 0 Å². The van der Waals surface area contributed by atoms with Crippen molar-refractivity contribution in [2.24, 2.45) is 5.73 Å². The Bertz CT molecular complexity index is 2700. The number of hydrogen-bond acceptors (Lipinski definition) is 5. The number of rotatable bonds is 6. The van der Waals surface area contributed by atoms with Gasteiger partial charge >= 0.3 is 0 Å². The number of nitrogens with two attached hydrogens (primary N) is 1. The van der Waals surface area contributed by atoms with Crippen molar-refractivity contribution in [3.8, 4) is 45.6 Å². The van der Waals surface area contributed by atoms with E-state index in [-0.39, 0.29) is 0 Å². The molecule has 6 aromatic carbocycles. The molecule has 2 aromatic heterocycles. The van der Waals surface area contributed by atoms with Crippen LogP contribution in [0.4, 0.5) is 0 Å². The molecule has 0 aliphatic rings. The summed E-state index contributed by atoms with van der Waals surface area (Å²) in [7, 11) is 0. The van der Waals surface area contributed by atoms with Gasteiger partial charge in [-0.05, 0) is 92.3 Å². The second kappa shape index (κ2) is 12.3. The summed E-state index contributed by atoms with van der Waals surface area (Å²) in [6, 6.07) is 46.0. The molecule has 0 saturated heterocycles. The van der Waals surface area contributed by atoms with Crippen LogP contribution in [-0.4, -0.2) is 4.98 Å². The lowest BCUT2D eigenvalue weighted by Crippen LogP contribution is -1.87. The van der Waals surface area contributed by atoms with Gasteiger partial charge in [0.05, 0.1) is 23.4 Å². The molecule has 230 valence electrons. The minimum atomic E-state index is 0.542. The van der Waals surface area contributed by atoms with E-state index in [0.717, 1.165) is 82.6 Å². The summed E-state index contributed by atoms with van der Waals surface area (Å²) in [5.74, 6) is 0. The van der Waals surface area contributed by atoms with Crippen molar-refractivity contribution < 1.29 is 4.42 Å². The average molecular weight is 629 g/mol. The molecular weight excluding hydrogens is 601 g/mol. The van der Waals surface area contributed by atoms with Gasteiger partial charge in [-0.1, -0.05) is 103 Å². The lowest BCUT2D eigenvalue weighted by atomic mass is 9.91. The van der Waals surface area contributed by atoms with E-state index in [1.807, 2.05) is 12.1 Å². The van der Waals surface area contributed by atoms with Gasteiger partial charge < -0.3 is 10.2 Å². The van der Waals surface area contributed by atoms with Crippen LogP contribution < -0.4 is 5.73 Å². The van der Waals surface area contributed by atoms with E-state index >= 15 is 0 Å². The number of aromatic nitrogens is 1. The topological polar surface area (TPSA) is 99.6 Å². The smallest absolute Gasteiger partial charge is 0.136 e. The highest BCUT2D eigenvalue weighted by Gasteiger charge is 2.19. The first-order valence-corrected chi connectivity index (χ1v) is 16.0. The van der Waals surface area contributed by atoms with Crippen LogP contribution >= 0.6 is 0 Å². The Hall–Kier alpha value is -6.95. The van der Waals surface area contributed by atoms with Crippen molar-refractivity contribution in [1.29, 1.82) is 10.5 Å². The molecule has 0 fully saturated rings. The molecule has 5 nitrogen and oxygen atoms in total. The maximum absolute atomic E-state index is 9.34. The molecule has 0 atom stereocenters. The molecule has 0 saturated carbocycles. The van der Waals surface area contributed by atoms with Crippen molar-refractivity contribution in [3.63, 3.8) is 0 Å². The van der Waals surface area contributed by atoms with Gasteiger partial charge in [0.1, 0.15) is 11.2 Å². The quantitative estimate of drug-likeness (QED) is 0.146. The van der Waals surface area contributed by atoms with E-state index in [2.05, 4.69) is 126 Å². The molecule has 8 rings (SSSR count). The summed E-state index contributed by atoms with van der Waals surface area (Å²) in [4.78, 5) is 4.47. The molecule has 5 heteroatoms. The molecule has 0 aliphatic heterocycles. The predicted octanol–water partition coefficient (Wildman–Crippen LogP) is 10.6. The number of furan rings is 1. The van der Waals surface area contributed by atoms with E-state index in [1.54, 1.807) is 18.3 Å². The zero-order valence-corrected chi connectivity index (χ0v) is 26.4. The third-order valence-electron chi connectivity index (χ3n) is 9.09. The average Bonchev–Trinajstić information content (AvgIpc) is 3.55. The number of hydrogen-bond donors (Lipinski definition) is 1. The minimum absolute atomic E-state index is 0.542. The lowest BCUT2D eigenvalue weighted by molar-refractivity contribution is 0.670. The first kappa shape index (κ1) is 29.5. The largest absolute Gasteiger partial charge is 0.456 e. The summed E-state index contributed by atoms with van der Waals surface area (Å²) < 4.78 is 6.74. The van der Waals surface area contributed by atoms with Crippen LogP contribution in [0.3, 0.4) is 0 Å². The normalized spacial score (nSPS) is 11.8. The molecule has 2 N–H and O–H groups in total. The van der Waals surface area contributed by atoms with Gasteiger partial charge in [-0.15, -0.1) is 0 Å². The maximum atomic E-state index is 9.34. The molecule has 0 spiro atoms. The predicted molar refractivity (Wildman–Crippen MR) is 198 cm³/mol. The highest BCUT2D eigenvalue weighted by molar-refractivity contribution is 6.29. The highest BCUT2D eigenvalue weighted by Crippen LogP contribution is 2.45. The first-order valence-electron chi connectivity index (χ1n) is 16.0. The zero-order chi connectivity index (χ0) is 33.3. The molecule has 2 heterocycles. The number of fused-ring (bicyclic) bond motifs is 7. The van der Waals surface area contributed by atoms with Gasteiger partial charge in [0.2, 0.25) is 0 Å². The molecule has 0 amide bonds. The van der Waals surface area contributed by atoms with Crippen molar-refractivity contribution in [3.05, 3.63) is 163 Å². The van der Waals surface area contributed by atoms with Crippen molar-refractivity contribution in [1.82, 2.24) is 4.98 Å². The van der Waals surface area contributed by atoms with Gasteiger partial charge in [0, 0.05) is 28.1 Å². The van der Waals surface area contributed by atoms with Crippen LogP contribution in [0.5, 0.6) is 0 Å². The van der Waals surface area contributed by atoms with E-state index in [9.17, 15) is 10.5 Å². The Morgan fingerprint density at radius 2 is 1.22 bits per heavy atom. The number of allylic oxidation sites excluding steroid dienone is 3. The van der Waals surface area contributed by atoms with Gasteiger partial charge in [-0.3, -0.25) is 4.98 Å². The van der Waals surface area contributed by atoms with E-state index < -0.39 is 0 Å². The fourth-order valence-electron chi connectivity index (χ4n) is 6.75. The molecule has 0 bridgehead atoms. The maximum Gasteiger partial charge on any atom is 0.136 e. The SMILES string of the molecule is N#CC(/C=C\N)=C/Cc1ccc(-c2cc3oc4cc(-c5ccc(-c6cc(C#N)ccn6)cc5)c5ccccc5c4c3c3ccccc23)cc1. The highest BCUT2D eigenvalue weighted by atomic mass is 16.3. The second-order valence-corrected chi connectivity index (χ2v) is 11.9. The molecular formula is C44H28N4O. The number of nitrogens with zero attached hydrogens (tertiary/aromatic N) is 3. The summed E-state index contributed by atoms with van der Waals surface area (Å²) in [5.41, 5.74) is 15.4. The van der Waals surface area contributed by atoms with Crippen molar-refractivity contribution >= 4 is 43.5 Å². The van der Waals surface area contributed by atoms with Gasteiger partial charge in [-0.25, -0.2) is 0 Å². The molecule has 8 aromatic rings. The Morgan fingerprint density at radius 1 is 0.673 bits per heavy atom. The number of nitriles is 2. The molecule has 49 heavy (non-hydrogen) atoms. The molecule has 0 aliphatic carbocycles. The minimum Gasteiger partial charge on any atom is -0.456 e. The fourth-order valence-corrected chi connectivity index (χ4v) is 6.75.